The largest absolute Gasteiger partial charge is 0.368 e. The molecule has 1 aliphatic heterocycles. The van der Waals surface area contributed by atoms with Crippen molar-refractivity contribution in [2.75, 3.05) is 6.54 Å². The van der Waals surface area contributed by atoms with Crippen molar-refractivity contribution in [3.8, 4) is 0 Å². The van der Waals surface area contributed by atoms with E-state index in [0.29, 0.717) is 32.2 Å². The van der Waals surface area contributed by atoms with Gasteiger partial charge in [-0.05, 0) is 47.7 Å². The van der Waals surface area contributed by atoms with E-state index in [1.54, 1.807) is 9.47 Å². The van der Waals surface area contributed by atoms with Crippen LogP contribution in [0.2, 0.25) is 0 Å². The van der Waals surface area contributed by atoms with E-state index >= 15 is 0 Å². The maximum atomic E-state index is 13.1. The van der Waals surface area contributed by atoms with E-state index in [1.807, 2.05) is 48.5 Å². The number of H-pyrrole nitrogens is 1. The third kappa shape index (κ3) is 3.91. The number of hydrogen-bond donors (Lipinski definition) is 2. The van der Waals surface area contributed by atoms with Crippen molar-refractivity contribution >= 4 is 33.6 Å². The Morgan fingerprint density at radius 2 is 1.76 bits per heavy atom. The summed E-state index contributed by atoms with van der Waals surface area (Å²) in [6.45, 7) is 0.387. The van der Waals surface area contributed by atoms with Gasteiger partial charge in [-0.1, -0.05) is 54.6 Å². The molecule has 1 aliphatic rings. The Bertz CT molecular complexity index is 1400. The van der Waals surface area contributed by atoms with Gasteiger partial charge in [-0.15, -0.1) is 0 Å². The number of primary amides is 1. The number of aryl methyl sites for hydroxylation is 1. The number of rotatable bonds is 5. The van der Waals surface area contributed by atoms with Crippen LogP contribution in [0.4, 0.5) is 0 Å². The molecule has 1 saturated heterocycles. The normalized spacial score (nSPS) is 18.6. The number of benzene rings is 3. The minimum absolute atomic E-state index is 0.0866. The lowest BCUT2D eigenvalue weighted by Crippen LogP contribution is -2.53. The zero-order valence-electron chi connectivity index (χ0n) is 18.2. The van der Waals surface area contributed by atoms with Crippen LogP contribution in [0.15, 0.2) is 71.5 Å². The molecule has 0 spiro atoms. The number of carbonyl (C=O) groups is 2. The first-order valence-electron chi connectivity index (χ1n) is 11.3. The van der Waals surface area contributed by atoms with Gasteiger partial charge in [0.1, 0.15) is 6.04 Å². The molecule has 168 valence electrons. The fourth-order valence-corrected chi connectivity index (χ4v) is 5.08. The van der Waals surface area contributed by atoms with Gasteiger partial charge in [0.25, 0.3) is 0 Å². The number of aromatic amines is 1. The number of nitrogens with one attached hydrogen (secondary N) is 1. The van der Waals surface area contributed by atoms with Crippen LogP contribution in [0.1, 0.15) is 30.9 Å². The molecule has 7 heteroatoms. The molecule has 3 aromatic carbocycles. The van der Waals surface area contributed by atoms with E-state index in [4.69, 9.17) is 5.73 Å². The molecule has 2 atom stereocenters. The van der Waals surface area contributed by atoms with Crippen molar-refractivity contribution in [3.05, 3.63) is 82.8 Å². The number of nitrogens with zero attached hydrogens (tertiary/aromatic N) is 2. The molecule has 1 aromatic heterocycles. The van der Waals surface area contributed by atoms with Gasteiger partial charge in [0.15, 0.2) is 0 Å². The second-order valence-corrected chi connectivity index (χ2v) is 8.64. The zero-order valence-corrected chi connectivity index (χ0v) is 18.2. The van der Waals surface area contributed by atoms with Gasteiger partial charge in [0.05, 0.1) is 11.0 Å². The van der Waals surface area contributed by atoms with E-state index in [2.05, 4.69) is 23.2 Å². The highest BCUT2D eigenvalue weighted by atomic mass is 16.2. The smallest absolute Gasteiger partial charge is 0.326 e. The van der Waals surface area contributed by atoms with Gasteiger partial charge in [0, 0.05) is 19.0 Å². The Morgan fingerprint density at radius 1 is 1.00 bits per heavy atom. The lowest BCUT2D eigenvalue weighted by Gasteiger charge is -2.38. The molecule has 33 heavy (non-hydrogen) atoms. The lowest BCUT2D eigenvalue weighted by molar-refractivity contribution is -0.141. The molecule has 2 unspecified atom stereocenters. The maximum absolute atomic E-state index is 13.1. The van der Waals surface area contributed by atoms with Crippen molar-refractivity contribution in [2.45, 2.75) is 37.8 Å². The summed E-state index contributed by atoms with van der Waals surface area (Å²) in [6.07, 6.45) is 1.81. The molecule has 5 rings (SSSR count). The van der Waals surface area contributed by atoms with Crippen molar-refractivity contribution in [2.24, 2.45) is 5.73 Å². The molecule has 2 amide bonds. The summed E-state index contributed by atoms with van der Waals surface area (Å²) in [5.74, 6) is -0.623. The molecule has 0 bridgehead atoms. The molecule has 2 heterocycles. The van der Waals surface area contributed by atoms with Crippen LogP contribution in [-0.4, -0.2) is 38.9 Å². The number of fused-ring (bicyclic) bond motifs is 2. The number of amides is 2. The molecular weight excluding hydrogens is 416 g/mol. The summed E-state index contributed by atoms with van der Waals surface area (Å²) in [6, 6.07) is 20.8. The number of piperidine rings is 1. The maximum Gasteiger partial charge on any atom is 0.326 e. The summed E-state index contributed by atoms with van der Waals surface area (Å²) < 4.78 is 1.70. The second-order valence-electron chi connectivity index (χ2n) is 8.64. The average molecular weight is 443 g/mol. The molecule has 1 fully saturated rings. The quantitative estimate of drug-likeness (QED) is 0.496. The topological polar surface area (TPSA) is 101 Å². The summed E-state index contributed by atoms with van der Waals surface area (Å²) in [5.41, 5.74) is 8.17. The van der Waals surface area contributed by atoms with Crippen LogP contribution in [0, 0.1) is 0 Å². The summed E-state index contributed by atoms with van der Waals surface area (Å²) in [4.78, 5) is 42.5. The Hall–Kier alpha value is -3.87. The van der Waals surface area contributed by atoms with Crippen LogP contribution in [0.5, 0.6) is 0 Å². The molecular formula is C26H26N4O3. The molecule has 0 aliphatic carbocycles. The Labute approximate surface area is 190 Å². The molecule has 3 N–H and O–H groups in total. The molecule has 0 saturated carbocycles. The summed E-state index contributed by atoms with van der Waals surface area (Å²) in [7, 11) is 0. The number of carbonyl (C=O) groups excluding carboxylic acids is 2. The molecule has 7 nitrogen and oxygen atoms in total. The predicted molar refractivity (Wildman–Crippen MR) is 128 cm³/mol. The van der Waals surface area contributed by atoms with Crippen molar-refractivity contribution in [1.29, 1.82) is 0 Å². The number of aromatic nitrogens is 2. The second kappa shape index (κ2) is 8.58. The van der Waals surface area contributed by atoms with E-state index in [-0.39, 0.29) is 17.6 Å². The van der Waals surface area contributed by atoms with E-state index < -0.39 is 11.9 Å². The minimum atomic E-state index is -0.732. The van der Waals surface area contributed by atoms with Crippen molar-refractivity contribution < 1.29 is 9.59 Å². The Kier molecular flexibility index (Phi) is 5.46. The predicted octanol–water partition coefficient (Wildman–Crippen LogP) is 3.13. The van der Waals surface area contributed by atoms with Crippen molar-refractivity contribution in [1.82, 2.24) is 14.5 Å². The summed E-state index contributed by atoms with van der Waals surface area (Å²) >= 11 is 0. The minimum Gasteiger partial charge on any atom is -0.368 e. The number of hydrogen-bond acceptors (Lipinski definition) is 3. The van der Waals surface area contributed by atoms with Crippen LogP contribution in [0.3, 0.4) is 0 Å². The van der Waals surface area contributed by atoms with Crippen LogP contribution in [0.25, 0.3) is 21.8 Å². The highest BCUT2D eigenvalue weighted by molar-refractivity contribution is 5.88. The van der Waals surface area contributed by atoms with E-state index in [0.717, 1.165) is 27.4 Å². The van der Waals surface area contributed by atoms with E-state index in [1.165, 1.54) is 0 Å². The Morgan fingerprint density at radius 3 is 2.61 bits per heavy atom. The number of nitrogens with two attached hydrogens (primary N) is 1. The zero-order chi connectivity index (χ0) is 22.9. The van der Waals surface area contributed by atoms with Gasteiger partial charge in [-0.25, -0.2) is 4.79 Å². The monoisotopic (exact) mass is 442 g/mol. The lowest BCUT2D eigenvalue weighted by atomic mass is 9.95. The fourth-order valence-electron chi connectivity index (χ4n) is 5.08. The first kappa shape index (κ1) is 21.0. The van der Waals surface area contributed by atoms with Crippen LogP contribution < -0.4 is 11.4 Å². The van der Waals surface area contributed by atoms with Crippen LogP contribution >= 0.6 is 0 Å². The van der Waals surface area contributed by atoms with Gasteiger partial charge < -0.3 is 15.6 Å². The number of para-hydroxylation sites is 2. The standard InChI is InChI=1S/C26H26N4O3/c27-25(32)23-16-19(30-22-11-4-3-10-21(22)28-26(30)33)14-15-29(23)24(31)13-12-18-8-5-7-17-6-1-2-9-20(17)18/h1-11,19,23H,12-16H2,(H2,27,32)(H,28,33). The van der Waals surface area contributed by atoms with Gasteiger partial charge in [-0.2, -0.15) is 0 Å². The highest BCUT2D eigenvalue weighted by Crippen LogP contribution is 2.29. The Balaban J connectivity index is 1.34. The van der Waals surface area contributed by atoms with E-state index in [9.17, 15) is 14.4 Å². The van der Waals surface area contributed by atoms with Crippen molar-refractivity contribution in [3.63, 3.8) is 0 Å². The highest BCUT2D eigenvalue weighted by Gasteiger charge is 2.36. The fraction of sp³-hybridized carbons (Fsp3) is 0.269. The molecule has 4 aromatic rings. The van der Waals surface area contributed by atoms with Gasteiger partial charge >= 0.3 is 5.69 Å². The van der Waals surface area contributed by atoms with Gasteiger partial charge in [-0.3, -0.25) is 14.2 Å². The first-order valence-corrected chi connectivity index (χ1v) is 11.3. The number of imidazole rings is 1. The third-order valence-electron chi connectivity index (χ3n) is 6.70. The third-order valence-corrected chi connectivity index (χ3v) is 6.70. The first-order chi connectivity index (χ1) is 16.0. The average Bonchev–Trinajstić information content (AvgIpc) is 3.17. The van der Waals surface area contributed by atoms with Gasteiger partial charge in [0.2, 0.25) is 11.8 Å². The SMILES string of the molecule is NC(=O)C1CC(n2c(=O)[nH]c3ccccc32)CCN1C(=O)CCc1cccc2ccccc12. The van der Waals surface area contributed by atoms with Crippen LogP contribution in [-0.2, 0) is 16.0 Å². The molecule has 0 radical (unpaired) electrons. The summed E-state index contributed by atoms with van der Waals surface area (Å²) in [5, 5.41) is 2.28. The number of likely N-dealkylation sites (tertiary alicyclic amines) is 1.